The van der Waals surface area contributed by atoms with Crippen molar-refractivity contribution in [2.24, 2.45) is 0 Å². The molecule has 1 N–H and O–H groups in total. The van der Waals surface area contributed by atoms with Gasteiger partial charge in [0, 0.05) is 5.56 Å². The van der Waals surface area contributed by atoms with Crippen LogP contribution >= 0.6 is 0 Å². The zero-order chi connectivity index (χ0) is 21.5. The SMILES string of the molecule is COc1cccc(C(=O)NCC(=O)OCc2nc3ccccc3c(=O)n2CC#N)c1. The Hall–Kier alpha value is -4.19. The minimum Gasteiger partial charge on any atom is -0.497 e. The first-order valence-electron chi connectivity index (χ1n) is 8.96. The van der Waals surface area contributed by atoms with Gasteiger partial charge in [0.1, 0.15) is 25.4 Å². The van der Waals surface area contributed by atoms with E-state index in [0.717, 1.165) is 4.57 Å². The van der Waals surface area contributed by atoms with Gasteiger partial charge in [0.25, 0.3) is 11.5 Å². The Morgan fingerprint density at radius 2 is 2.00 bits per heavy atom. The second kappa shape index (κ2) is 9.34. The highest BCUT2D eigenvalue weighted by molar-refractivity contribution is 5.96. The molecule has 0 aliphatic heterocycles. The number of nitriles is 1. The number of benzene rings is 2. The largest absolute Gasteiger partial charge is 0.497 e. The highest BCUT2D eigenvalue weighted by atomic mass is 16.5. The first-order valence-corrected chi connectivity index (χ1v) is 8.96. The monoisotopic (exact) mass is 406 g/mol. The van der Waals surface area contributed by atoms with E-state index in [2.05, 4.69) is 10.3 Å². The smallest absolute Gasteiger partial charge is 0.325 e. The maximum atomic E-state index is 12.6. The summed E-state index contributed by atoms with van der Waals surface area (Å²) in [4.78, 5) is 41.1. The van der Waals surface area contributed by atoms with Crippen LogP contribution in [-0.2, 0) is 22.7 Å². The third kappa shape index (κ3) is 4.62. The Balaban J connectivity index is 1.66. The minimum atomic E-state index is -0.711. The number of nitrogens with one attached hydrogen (secondary N) is 1. The summed E-state index contributed by atoms with van der Waals surface area (Å²) in [5.74, 6) is -0.510. The number of carbonyl (C=O) groups excluding carboxylic acids is 2. The van der Waals surface area contributed by atoms with E-state index in [-0.39, 0.29) is 31.1 Å². The highest BCUT2D eigenvalue weighted by Crippen LogP contribution is 2.12. The first kappa shape index (κ1) is 20.5. The molecule has 3 rings (SSSR count). The molecule has 0 aliphatic carbocycles. The average molecular weight is 406 g/mol. The summed E-state index contributed by atoms with van der Waals surface area (Å²) in [6.07, 6.45) is 0. The summed E-state index contributed by atoms with van der Waals surface area (Å²) in [7, 11) is 1.49. The fourth-order valence-corrected chi connectivity index (χ4v) is 2.77. The number of amides is 1. The van der Waals surface area contributed by atoms with Crippen LogP contribution in [0.3, 0.4) is 0 Å². The first-order chi connectivity index (χ1) is 14.5. The maximum Gasteiger partial charge on any atom is 0.325 e. The molecule has 9 nitrogen and oxygen atoms in total. The van der Waals surface area contributed by atoms with Crippen LogP contribution in [0.1, 0.15) is 16.2 Å². The highest BCUT2D eigenvalue weighted by Gasteiger charge is 2.14. The van der Waals surface area contributed by atoms with Gasteiger partial charge < -0.3 is 14.8 Å². The Labute approximate surface area is 171 Å². The molecule has 0 saturated carbocycles. The van der Waals surface area contributed by atoms with Crippen LogP contribution in [-0.4, -0.2) is 35.1 Å². The number of methoxy groups -OCH3 is 1. The number of ether oxygens (including phenoxy) is 2. The van der Waals surface area contributed by atoms with E-state index in [1.54, 1.807) is 48.5 Å². The summed E-state index contributed by atoms with van der Waals surface area (Å²) in [5.41, 5.74) is 0.384. The number of hydrogen-bond acceptors (Lipinski definition) is 7. The van der Waals surface area contributed by atoms with Gasteiger partial charge in [-0.1, -0.05) is 18.2 Å². The molecule has 0 spiro atoms. The molecule has 0 unspecified atom stereocenters. The average Bonchev–Trinajstić information content (AvgIpc) is 2.78. The van der Waals surface area contributed by atoms with Gasteiger partial charge in [0.05, 0.1) is 24.1 Å². The standard InChI is InChI=1S/C21H18N4O5/c1-29-15-6-4-5-14(11-15)20(27)23-12-19(26)30-13-18-24-17-8-3-2-7-16(17)21(28)25(18)10-9-22/h2-8,11H,10,12-13H2,1H3,(H,23,27). The van der Waals surface area contributed by atoms with Gasteiger partial charge in [-0.2, -0.15) is 5.26 Å². The normalized spacial score (nSPS) is 10.3. The van der Waals surface area contributed by atoms with Crippen LogP contribution in [0.15, 0.2) is 53.3 Å². The van der Waals surface area contributed by atoms with Crippen molar-refractivity contribution in [1.82, 2.24) is 14.9 Å². The lowest BCUT2D eigenvalue weighted by Crippen LogP contribution is -2.31. The third-order valence-electron chi connectivity index (χ3n) is 4.26. The molecule has 0 aliphatic rings. The summed E-state index contributed by atoms with van der Waals surface area (Å²) in [6.45, 7) is -0.905. The molecule has 2 aromatic carbocycles. The fourth-order valence-electron chi connectivity index (χ4n) is 2.77. The number of rotatable bonds is 7. The van der Waals surface area contributed by atoms with Crippen molar-refractivity contribution in [3.8, 4) is 11.8 Å². The van der Waals surface area contributed by atoms with Crippen LogP contribution < -0.4 is 15.6 Å². The van der Waals surface area contributed by atoms with Crippen molar-refractivity contribution >= 4 is 22.8 Å². The predicted molar refractivity (Wildman–Crippen MR) is 107 cm³/mol. The number of fused-ring (bicyclic) bond motifs is 1. The van der Waals surface area contributed by atoms with Crippen LogP contribution in [0.5, 0.6) is 5.75 Å². The zero-order valence-electron chi connectivity index (χ0n) is 16.1. The van der Waals surface area contributed by atoms with E-state index in [9.17, 15) is 14.4 Å². The molecule has 30 heavy (non-hydrogen) atoms. The van der Waals surface area contributed by atoms with Gasteiger partial charge in [0.15, 0.2) is 5.82 Å². The maximum absolute atomic E-state index is 12.6. The summed E-state index contributed by atoms with van der Waals surface area (Å²) in [6, 6.07) is 15.1. The number of para-hydroxylation sites is 1. The summed E-state index contributed by atoms with van der Waals surface area (Å²) >= 11 is 0. The minimum absolute atomic E-state index is 0.146. The van der Waals surface area contributed by atoms with Gasteiger partial charge in [-0.3, -0.25) is 19.0 Å². The van der Waals surface area contributed by atoms with E-state index in [4.69, 9.17) is 14.7 Å². The van der Waals surface area contributed by atoms with Gasteiger partial charge in [-0.05, 0) is 30.3 Å². The van der Waals surface area contributed by atoms with E-state index >= 15 is 0 Å². The van der Waals surface area contributed by atoms with Crippen LogP contribution in [0.4, 0.5) is 0 Å². The van der Waals surface area contributed by atoms with Crippen molar-refractivity contribution in [2.75, 3.05) is 13.7 Å². The van der Waals surface area contributed by atoms with Gasteiger partial charge >= 0.3 is 5.97 Å². The van der Waals surface area contributed by atoms with Crippen molar-refractivity contribution in [3.63, 3.8) is 0 Å². The Morgan fingerprint density at radius 3 is 2.77 bits per heavy atom. The van der Waals surface area contributed by atoms with Gasteiger partial charge in [-0.15, -0.1) is 0 Å². The summed E-state index contributed by atoms with van der Waals surface area (Å²) in [5, 5.41) is 11.8. The fraction of sp³-hybridized carbons (Fsp3) is 0.190. The molecule has 1 heterocycles. The van der Waals surface area contributed by atoms with E-state index in [0.29, 0.717) is 22.2 Å². The predicted octanol–water partition coefficient (Wildman–Crippen LogP) is 1.40. The second-order valence-corrected chi connectivity index (χ2v) is 6.17. The van der Waals surface area contributed by atoms with Crippen molar-refractivity contribution in [1.29, 1.82) is 5.26 Å². The molecule has 1 aromatic heterocycles. The second-order valence-electron chi connectivity index (χ2n) is 6.17. The lowest BCUT2D eigenvalue weighted by Gasteiger charge is -2.11. The number of esters is 1. The van der Waals surface area contributed by atoms with E-state index < -0.39 is 11.9 Å². The number of hydrogen-bond donors (Lipinski definition) is 1. The number of aromatic nitrogens is 2. The van der Waals surface area contributed by atoms with E-state index in [1.807, 2.05) is 6.07 Å². The Kier molecular flexibility index (Phi) is 6.39. The van der Waals surface area contributed by atoms with Crippen LogP contribution in [0, 0.1) is 11.3 Å². The van der Waals surface area contributed by atoms with Crippen molar-refractivity contribution in [2.45, 2.75) is 13.2 Å². The molecular weight excluding hydrogens is 388 g/mol. The molecule has 0 bridgehead atoms. The van der Waals surface area contributed by atoms with Crippen LogP contribution in [0.25, 0.3) is 10.9 Å². The van der Waals surface area contributed by atoms with Gasteiger partial charge in [0.2, 0.25) is 0 Å². The molecule has 0 saturated heterocycles. The molecule has 0 fully saturated rings. The topological polar surface area (TPSA) is 123 Å². The molecule has 0 atom stereocenters. The third-order valence-corrected chi connectivity index (χ3v) is 4.26. The molecule has 3 aromatic rings. The molecule has 9 heteroatoms. The number of nitrogens with zero attached hydrogens (tertiary/aromatic N) is 3. The molecule has 0 radical (unpaired) electrons. The lowest BCUT2D eigenvalue weighted by atomic mass is 10.2. The van der Waals surface area contributed by atoms with Gasteiger partial charge in [-0.25, -0.2) is 4.98 Å². The van der Waals surface area contributed by atoms with E-state index in [1.165, 1.54) is 7.11 Å². The Bertz CT molecular complexity index is 1200. The molecule has 152 valence electrons. The molecule has 1 amide bonds. The lowest BCUT2D eigenvalue weighted by molar-refractivity contribution is -0.144. The Morgan fingerprint density at radius 1 is 1.20 bits per heavy atom. The van der Waals surface area contributed by atoms with Crippen LogP contribution in [0.2, 0.25) is 0 Å². The molecular formula is C21H18N4O5. The summed E-state index contributed by atoms with van der Waals surface area (Å²) < 4.78 is 11.4. The van der Waals surface area contributed by atoms with Crippen molar-refractivity contribution < 1.29 is 19.1 Å². The van der Waals surface area contributed by atoms with Crippen molar-refractivity contribution in [3.05, 3.63) is 70.3 Å². The zero-order valence-corrected chi connectivity index (χ0v) is 16.1. The number of carbonyl (C=O) groups is 2. The quantitative estimate of drug-likeness (QED) is 0.588.